The second-order valence-corrected chi connectivity index (χ2v) is 4.61. The number of fused-ring (bicyclic) bond motifs is 1. The number of nitrogens with zero attached hydrogens (tertiary/aromatic N) is 1. The van der Waals surface area contributed by atoms with Crippen molar-refractivity contribution in [3.05, 3.63) is 23.2 Å². The molecule has 0 bridgehead atoms. The van der Waals surface area contributed by atoms with E-state index < -0.39 is 0 Å². The van der Waals surface area contributed by atoms with Gasteiger partial charge in [-0.1, -0.05) is 17.7 Å². The van der Waals surface area contributed by atoms with Gasteiger partial charge in [-0.3, -0.25) is 0 Å². The summed E-state index contributed by atoms with van der Waals surface area (Å²) in [5, 5.41) is 4.22. The van der Waals surface area contributed by atoms with Crippen molar-refractivity contribution in [2.24, 2.45) is 0 Å². The lowest BCUT2D eigenvalue weighted by molar-refractivity contribution is 0.672. The maximum absolute atomic E-state index is 6.20. The smallest absolute Gasteiger partial charge is 0.0767 e. The van der Waals surface area contributed by atoms with Crippen LogP contribution < -0.4 is 10.2 Å². The van der Waals surface area contributed by atoms with Gasteiger partial charge in [-0.15, -0.1) is 0 Å². The lowest BCUT2D eigenvalue weighted by Crippen LogP contribution is -2.31. The molecule has 0 unspecified atom stereocenters. The van der Waals surface area contributed by atoms with E-state index in [1.807, 2.05) is 12.1 Å². The Morgan fingerprint density at radius 2 is 2.20 bits per heavy atom. The van der Waals surface area contributed by atoms with Gasteiger partial charge in [-0.2, -0.15) is 0 Å². The van der Waals surface area contributed by atoms with Crippen LogP contribution in [0.2, 0.25) is 5.02 Å². The molecule has 82 valence electrons. The summed E-state index contributed by atoms with van der Waals surface area (Å²) in [5.74, 6) is 0. The van der Waals surface area contributed by atoms with Crippen LogP contribution in [-0.2, 0) is 0 Å². The minimum absolute atomic E-state index is 0.516. The molecule has 3 heteroatoms. The quantitative estimate of drug-likeness (QED) is 0.787. The summed E-state index contributed by atoms with van der Waals surface area (Å²) in [6.07, 6.45) is 1.16. The highest BCUT2D eigenvalue weighted by Gasteiger charge is 2.18. The van der Waals surface area contributed by atoms with E-state index in [0.717, 1.165) is 30.2 Å². The maximum atomic E-state index is 6.20. The standard InChI is InChI=1S/C12H17ClN2/c1-9(2)15-8-4-7-14-12-10(13)5-3-6-11(12)15/h3,5-6,9,14H,4,7-8H2,1-2H3. The molecule has 0 spiro atoms. The van der Waals surface area contributed by atoms with Crippen LogP contribution in [0.5, 0.6) is 0 Å². The Morgan fingerprint density at radius 1 is 1.40 bits per heavy atom. The molecule has 0 saturated carbocycles. The summed E-state index contributed by atoms with van der Waals surface area (Å²) < 4.78 is 0. The van der Waals surface area contributed by atoms with E-state index in [2.05, 4.69) is 30.1 Å². The van der Waals surface area contributed by atoms with Crippen molar-refractivity contribution in [2.75, 3.05) is 23.3 Å². The minimum atomic E-state index is 0.516. The van der Waals surface area contributed by atoms with E-state index >= 15 is 0 Å². The molecule has 1 heterocycles. The Hall–Kier alpha value is -0.890. The topological polar surface area (TPSA) is 15.3 Å². The van der Waals surface area contributed by atoms with Crippen molar-refractivity contribution < 1.29 is 0 Å². The average Bonchev–Trinajstić information content (AvgIpc) is 2.40. The molecule has 1 aromatic rings. The normalized spacial score (nSPS) is 15.9. The van der Waals surface area contributed by atoms with Crippen LogP contribution >= 0.6 is 11.6 Å². The fourth-order valence-corrected chi connectivity index (χ4v) is 2.28. The first-order valence-corrected chi connectivity index (χ1v) is 5.87. The Morgan fingerprint density at radius 3 is 2.93 bits per heavy atom. The van der Waals surface area contributed by atoms with Crippen molar-refractivity contribution in [3.63, 3.8) is 0 Å². The van der Waals surface area contributed by atoms with E-state index in [-0.39, 0.29) is 0 Å². The van der Waals surface area contributed by atoms with E-state index in [1.54, 1.807) is 0 Å². The van der Waals surface area contributed by atoms with Gasteiger partial charge in [-0.25, -0.2) is 0 Å². The highest BCUT2D eigenvalue weighted by molar-refractivity contribution is 6.34. The zero-order valence-corrected chi connectivity index (χ0v) is 10.0. The third-order valence-electron chi connectivity index (χ3n) is 2.80. The number of hydrogen-bond acceptors (Lipinski definition) is 2. The van der Waals surface area contributed by atoms with Crippen LogP contribution in [0.1, 0.15) is 20.3 Å². The molecule has 1 aromatic carbocycles. The Labute approximate surface area is 96.2 Å². The molecule has 1 aliphatic heterocycles. The first-order chi connectivity index (χ1) is 7.20. The number of hydrogen-bond donors (Lipinski definition) is 1. The van der Waals surface area contributed by atoms with Crippen molar-refractivity contribution in [3.8, 4) is 0 Å². The fraction of sp³-hybridized carbons (Fsp3) is 0.500. The van der Waals surface area contributed by atoms with Gasteiger partial charge in [0.2, 0.25) is 0 Å². The molecule has 0 aliphatic carbocycles. The number of para-hydroxylation sites is 1. The fourth-order valence-electron chi connectivity index (χ4n) is 2.05. The second kappa shape index (κ2) is 4.31. The molecule has 2 nitrogen and oxygen atoms in total. The van der Waals surface area contributed by atoms with Gasteiger partial charge in [0.1, 0.15) is 0 Å². The van der Waals surface area contributed by atoms with Gasteiger partial charge in [-0.05, 0) is 32.4 Å². The first kappa shape index (κ1) is 10.6. The van der Waals surface area contributed by atoms with E-state index in [0.29, 0.717) is 6.04 Å². The highest BCUT2D eigenvalue weighted by Crippen LogP contribution is 2.35. The summed E-state index contributed by atoms with van der Waals surface area (Å²) in [6.45, 7) is 6.53. The molecule has 0 saturated heterocycles. The predicted molar refractivity (Wildman–Crippen MR) is 67.0 cm³/mol. The van der Waals surface area contributed by atoms with Crippen molar-refractivity contribution in [2.45, 2.75) is 26.3 Å². The zero-order valence-electron chi connectivity index (χ0n) is 9.26. The minimum Gasteiger partial charge on any atom is -0.382 e. The number of anilines is 2. The molecule has 15 heavy (non-hydrogen) atoms. The van der Waals surface area contributed by atoms with Crippen LogP contribution in [-0.4, -0.2) is 19.1 Å². The third-order valence-corrected chi connectivity index (χ3v) is 3.12. The second-order valence-electron chi connectivity index (χ2n) is 4.20. The van der Waals surface area contributed by atoms with Crippen LogP contribution in [0.3, 0.4) is 0 Å². The van der Waals surface area contributed by atoms with Crippen LogP contribution in [0.4, 0.5) is 11.4 Å². The van der Waals surface area contributed by atoms with Crippen LogP contribution in [0.15, 0.2) is 18.2 Å². The molecule has 0 aromatic heterocycles. The Kier molecular flexibility index (Phi) is 3.06. The average molecular weight is 225 g/mol. The van der Waals surface area contributed by atoms with E-state index in [4.69, 9.17) is 11.6 Å². The predicted octanol–water partition coefficient (Wildman–Crippen LogP) is 3.37. The molecule has 0 radical (unpaired) electrons. The Bertz CT molecular complexity index is 349. The lowest BCUT2D eigenvalue weighted by atomic mass is 10.2. The summed E-state index contributed by atoms with van der Waals surface area (Å²) in [4.78, 5) is 2.40. The Balaban J connectivity index is 2.45. The first-order valence-electron chi connectivity index (χ1n) is 5.49. The van der Waals surface area contributed by atoms with E-state index in [1.165, 1.54) is 5.69 Å². The van der Waals surface area contributed by atoms with Gasteiger partial charge in [0, 0.05) is 19.1 Å². The molecule has 0 fully saturated rings. The lowest BCUT2D eigenvalue weighted by Gasteiger charge is -2.28. The number of halogens is 1. The van der Waals surface area contributed by atoms with Gasteiger partial charge in [0.05, 0.1) is 16.4 Å². The largest absolute Gasteiger partial charge is 0.382 e. The summed E-state index contributed by atoms with van der Waals surface area (Å²) in [5.41, 5.74) is 2.32. The molecular weight excluding hydrogens is 208 g/mol. The number of benzene rings is 1. The number of nitrogens with one attached hydrogen (secondary N) is 1. The molecule has 1 aliphatic rings. The summed E-state index contributed by atoms with van der Waals surface area (Å²) in [7, 11) is 0. The summed E-state index contributed by atoms with van der Waals surface area (Å²) in [6, 6.07) is 6.61. The van der Waals surface area contributed by atoms with Gasteiger partial charge in [0.15, 0.2) is 0 Å². The van der Waals surface area contributed by atoms with Gasteiger partial charge in [0.25, 0.3) is 0 Å². The van der Waals surface area contributed by atoms with Gasteiger partial charge >= 0.3 is 0 Å². The van der Waals surface area contributed by atoms with Gasteiger partial charge < -0.3 is 10.2 Å². The van der Waals surface area contributed by atoms with E-state index in [9.17, 15) is 0 Å². The van der Waals surface area contributed by atoms with Crippen LogP contribution in [0.25, 0.3) is 0 Å². The summed E-state index contributed by atoms with van der Waals surface area (Å²) >= 11 is 6.20. The monoisotopic (exact) mass is 224 g/mol. The van der Waals surface area contributed by atoms with Crippen LogP contribution in [0, 0.1) is 0 Å². The molecule has 2 rings (SSSR count). The molecular formula is C12H17ClN2. The number of rotatable bonds is 1. The third kappa shape index (κ3) is 2.05. The zero-order chi connectivity index (χ0) is 10.8. The van der Waals surface area contributed by atoms with Crippen molar-refractivity contribution in [1.82, 2.24) is 0 Å². The van der Waals surface area contributed by atoms with Crippen molar-refractivity contribution in [1.29, 1.82) is 0 Å². The molecule has 1 N–H and O–H groups in total. The maximum Gasteiger partial charge on any atom is 0.0767 e. The molecule has 0 atom stereocenters. The molecule has 0 amide bonds. The SMILES string of the molecule is CC(C)N1CCCNc2c(Cl)cccc21. The highest BCUT2D eigenvalue weighted by atomic mass is 35.5. The van der Waals surface area contributed by atoms with Crippen molar-refractivity contribution >= 4 is 23.0 Å².